The lowest BCUT2D eigenvalue weighted by Crippen LogP contribution is -2.25. The molecule has 0 fully saturated rings. The lowest BCUT2D eigenvalue weighted by molar-refractivity contribution is 0.319. The minimum atomic E-state index is -0.215. The van der Waals surface area contributed by atoms with Crippen LogP contribution in [0.25, 0.3) is 0 Å². The zero-order chi connectivity index (χ0) is 13.9. The SMILES string of the molecule is CCOc1nn(Cc2ccc(F)cc2)c2c1CCNC2. The van der Waals surface area contributed by atoms with Crippen LogP contribution >= 0.6 is 0 Å². The molecule has 0 saturated heterocycles. The van der Waals surface area contributed by atoms with Gasteiger partial charge in [0.25, 0.3) is 0 Å². The number of fused-ring (bicyclic) bond motifs is 1. The number of ether oxygens (including phenoxy) is 1. The molecule has 0 spiro atoms. The van der Waals surface area contributed by atoms with E-state index in [9.17, 15) is 4.39 Å². The number of nitrogens with one attached hydrogen (secondary N) is 1. The maximum absolute atomic E-state index is 13.0. The largest absolute Gasteiger partial charge is 0.477 e. The minimum Gasteiger partial charge on any atom is -0.477 e. The third-order valence-electron chi connectivity index (χ3n) is 3.50. The van der Waals surface area contributed by atoms with Crippen molar-refractivity contribution >= 4 is 0 Å². The molecular formula is C15H18FN3O. The van der Waals surface area contributed by atoms with Crippen LogP contribution in [0.2, 0.25) is 0 Å². The van der Waals surface area contributed by atoms with Gasteiger partial charge in [-0.2, -0.15) is 0 Å². The molecule has 0 amide bonds. The zero-order valence-corrected chi connectivity index (χ0v) is 11.5. The fourth-order valence-electron chi connectivity index (χ4n) is 2.53. The molecule has 20 heavy (non-hydrogen) atoms. The van der Waals surface area contributed by atoms with Gasteiger partial charge in [0.1, 0.15) is 5.82 Å². The molecule has 0 unspecified atom stereocenters. The van der Waals surface area contributed by atoms with Crippen molar-refractivity contribution in [3.63, 3.8) is 0 Å². The molecule has 0 bridgehead atoms. The predicted molar refractivity (Wildman–Crippen MR) is 74.3 cm³/mol. The van der Waals surface area contributed by atoms with Crippen molar-refractivity contribution in [2.75, 3.05) is 13.2 Å². The molecular weight excluding hydrogens is 257 g/mol. The van der Waals surface area contributed by atoms with Gasteiger partial charge in [-0.15, -0.1) is 5.10 Å². The van der Waals surface area contributed by atoms with E-state index >= 15 is 0 Å². The Bertz CT molecular complexity index is 592. The summed E-state index contributed by atoms with van der Waals surface area (Å²) in [5.41, 5.74) is 3.40. The van der Waals surface area contributed by atoms with Gasteiger partial charge >= 0.3 is 0 Å². The standard InChI is InChI=1S/C15H18FN3O/c1-2-20-15-13-7-8-17-9-14(13)19(18-15)10-11-3-5-12(16)6-4-11/h3-6,17H,2,7-10H2,1H3. The highest BCUT2D eigenvalue weighted by molar-refractivity contribution is 5.34. The number of halogens is 1. The molecule has 2 aromatic rings. The van der Waals surface area contributed by atoms with E-state index in [1.54, 1.807) is 12.1 Å². The highest BCUT2D eigenvalue weighted by atomic mass is 19.1. The van der Waals surface area contributed by atoms with Gasteiger partial charge in [-0.05, 0) is 37.6 Å². The monoisotopic (exact) mass is 275 g/mol. The molecule has 1 aromatic carbocycles. The van der Waals surface area contributed by atoms with E-state index in [0.29, 0.717) is 13.2 Å². The van der Waals surface area contributed by atoms with Gasteiger partial charge in [-0.3, -0.25) is 4.68 Å². The van der Waals surface area contributed by atoms with Crippen LogP contribution in [0.5, 0.6) is 5.88 Å². The fraction of sp³-hybridized carbons (Fsp3) is 0.400. The van der Waals surface area contributed by atoms with Crippen molar-refractivity contribution < 1.29 is 9.13 Å². The normalized spacial score (nSPS) is 14.1. The van der Waals surface area contributed by atoms with Gasteiger partial charge < -0.3 is 10.1 Å². The second-order valence-corrected chi connectivity index (χ2v) is 4.87. The second kappa shape index (κ2) is 5.63. The van der Waals surface area contributed by atoms with Crippen LogP contribution in [0.1, 0.15) is 23.7 Å². The smallest absolute Gasteiger partial charge is 0.236 e. The van der Waals surface area contributed by atoms with Gasteiger partial charge in [0.05, 0.1) is 18.8 Å². The molecule has 3 rings (SSSR count). The van der Waals surface area contributed by atoms with Crippen LogP contribution in [0, 0.1) is 5.82 Å². The van der Waals surface area contributed by atoms with E-state index in [2.05, 4.69) is 10.4 Å². The number of benzene rings is 1. The maximum Gasteiger partial charge on any atom is 0.236 e. The number of nitrogens with zero attached hydrogens (tertiary/aromatic N) is 2. The third-order valence-corrected chi connectivity index (χ3v) is 3.50. The Kier molecular flexibility index (Phi) is 3.69. The average Bonchev–Trinajstić information content (AvgIpc) is 2.81. The summed E-state index contributed by atoms with van der Waals surface area (Å²) in [6, 6.07) is 6.54. The Labute approximate surface area is 117 Å². The van der Waals surface area contributed by atoms with Crippen molar-refractivity contribution in [3.8, 4) is 5.88 Å². The summed E-state index contributed by atoms with van der Waals surface area (Å²) in [4.78, 5) is 0. The molecule has 5 heteroatoms. The quantitative estimate of drug-likeness (QED) is 0.929. The Morgan fingerprint density at radius 3 is 2.90 bits per heavy atom. The van der Waals surface area contributed by atoms with E-state index in [1.807, 2.05) is 11.6 Å². The van der Waals surface area contributed by atoms with Crippen molar-refractivity contribution in [2.45, 2.75) is 26.4 Å². The van der Waals surface area contributed by atoms with Crippen LogP contribution in [-0.2, 0) is 19.5 Å². The van der Waals surface area contributed by atoms with Gasteiger partial charge in [0.2, 0.25) is 5.88 Å². The summed E-state index contributed by atoms with van der Waals surface area (Å²) in [6.07, 6.45) is 0.939. The molecule has 1 aliphatic rings. The van der Waals surface area contributed by atoms with Gasteiger partial charge in [0.15, 0.2) is 0 Å². The summed E-state index contributed by atoms with van der Waals surface area (Å²) < 4.78 is 20.5. The lowest BCUT2D eigenvalue weighted by Gasteiger charge is -2.15. The summed E-state index contributed by atoms with van der Waals surface area (Å²) in [5.74, 6) is 0.527. The Hall–Kier alpha value is -1.88. The molecule has 0 saturated carbocycles. The summed E-state index contributed by atoms with van der Waals surface area (Å²) in [7, 11) is 0. The predicted octanol–water partition coefficient (Wildman–Crippen LogP) is 2.11. The summed E-state index contributed by atoms with van der Waals surface area (Å²) >= 11 is 0. The Morgan fingerprint density at radius 1 is 1.35 bits per heavy atom. The van der Waals surface area contributed by atoms with Crippen molar-refractivity contribution in [3.05, 3.63) is 46.9 Å². The molecule has 2 heterocycles. The molecule has 0 aliphatic carbocycles. The number of hydrogen-bond donors (Lipinski definition) is 1. The molecule has 106 valence electrons. The Balaban J connectivity index is 1.90. The van der Waals surface area contributed by atoms with Gasteiger partial charge in [-0.25, -0.2) is 4.39 Å². The molecule has 1 N–H and O–H groups in total. The number of aromatic nitrogens is 2. The summed E-state index contributed by atoms with van der Waals surface area (Å²) in [5, 5.41) is 7.92. The molecule has 4 nitrogen and oxygen atoms in total. The first-order valence-corrected chi connectivity index (χ1v) is 6.94. The lowest BCUT2D eigenvalue weighted by atomic mass is 10.1. The van der Waals surface area contributed by atoms with Gasteiger partial charge in [0, 0.05) is 12.1 Å². The highest BCUT2D eigenvalue weighted by Gasteiger charge is 2.21. The van der Waals surface area contributed by atoms with Crippen LogP contribution in [0.15, 0.2) is 24.3 Å². The third kappa shape index (κ3) is 2.54. The van der Waals surface area contributed by atoms with Gasteiger partial charge in [-0.1, -0.05) is 12.1 Å². The first kappa shape index (κ1) is 13.1. The highest BCUT2D eigenvalue weighted by Crippen LogP contribution is 2.25. The van der Waals surface area contributed by atoms with Crippen LogP contribution in [0.4, 0.5) is 4.39 Å². The van der Waals surface area contributed by atoms with Crippen molar-refractivity contribution in [2.24, 2.45) is 0 Å². The van der Waals surface area contributed by atoms with Crippen LogP contribution < -0.4 is 10.1 Å². The van der Waals surface area contributed by atoms with Crippen LogP contribution in [0.3, 0.4) is 0 Å². The molecule has 1 aliphatic heterocycles. The molecule has 1 aromatic heterocycles. The summed E-state index contributed by atoms with van der Waals surface area (Å²) in [6.45, 7) is 4.98. The molecule has 0 atom stereocenters. The van der Waals surface area contributed by atoms with E-state index in [4.69, 9.17) is 4.74 Å². The average molecular weight is 275 g/mol. The van der Waals surface area contributed by atoms with E-state index in [0.717, 1.165) is 31.0 Å². The van der Waals surface area contributed by atoms with E-state index in [1.165, 1.54) is 23.4 Å². The van der Waals surface area contributed by atoms with E-state index in [-0.39, 0.29) is 5.82 Å². The van der Waals surface area contributed by atoms with Crippen LogP contribution in [-0.4, -0.2) is 22.9 Å². The second-order valence-electron chi connectivity index (χ2n) is 4.87. The van der Waals surface area contributed by atoms with E-state index < -0.39 is 0 Å². The first-order valence-electron chi connectivity index (χ1n) is 6.94. The topological polar surface area (TPSA) is 39.1 Å². The zero-order valence-electron chi connectivity index (χ0n) is 11.5. The van der Waals surface area contributed by atoms with Crippen molar-refractivity contribution in [1.82, 2.24) is 15.1 Å². The first-order chi connectivity index (χ1) is 9.78. The number of rotatable bonds is 4. The van der Waals surface area contributed by atoms with Crippen molar-refractivity contribution in [1.29, 1.82) is 0 Å². The Morgan fingerprint density at radius 2 is 2.15 bits per heavy atom. The maximum atomic E-state index is 13.0. The fourth-order valence-corrected chi connectivity index (χ4v) is 2.53. The number of hydrogen-bond acceptors (Lipinski definition) is 3. The molecule has 0 radical (unpaired) electrons. The minimum absolute atomic E-state index is 0.215.